The number of urea groups is 1. The average molecular weight is 411 g/mol. The van der Waals surface area contributed by atoms with Crippen LogP contribution in [0.3, 0.4) is 0 Å². The number of hydrogen-bond donors (Lipinski definition) is 1. The van der Waals surface area contributed by atoms with Gasteiger partial charge in [0, 0.05) is 12.6 Å². The van der Waals surface area contributed by atoms with Crippen LogP contribution in [0.25, 0.3) is 0 Å². The third-order valence-corrected chi connectivity index (χ3v) is 5.48. The minimum absolute atomic E-state index is 0.105. The molecule has 0 spiro atoms. The fourth-order valence-electron chi connectivity index (χ4n) is 3.71. The number of imide groups is 1. The Morgan fingerprint density at radius 2 is 1.73 bits per heavy atom. The van der Waals surface area contributed by atoms with Crippen molar-refractivity contribution in [2.45, 2.75) is 45.3 Å². The Hall–Kier alpha value is -3.22. The number of benzene rings is 2. The first-order valence-electron chi connectivity index (χ1n) is 10.0. The van der Waals surface area contributed by atoms with Crippen LogP contribution in [0.5, 0.6) is 0 Å². The quantitative estimate of drug-likeness (QED) is 0.710. The van der Waals surface area contributed by atoms with E-state index in [0.29, 0.717) is 12.1 Å². The third-order valence-electron chi connectivity index (χ3n) is 5.48. The molecule has 1 N–H and O–H groups in total. The van der Waals surface area contributed by atoms with Crippen molar-refractivity contribution in [2.24, 2.45) is 0 Å². The highest BCUT2D eigenvalue weighted by atomic mass is 19.1. The maximum atomic E-state index is 13.3. The third kappa shape index (κ3) is 4.06. The van der Waals surface area contributed by atoms with Crippen LogP contribution in [0, 0.1) is 5.82 Å². The van der Waals surface area contributed by atoms with Crippen molar-refractivity contribution in [3.05, 3.63) is 71.5 Å². The highest BCUT2D eigenvalue weighted by Gasteiger charge is 2.51. The Bertz CT molecular complexity index is 930. The minimum Gasteiger partial charge on any atom is -0.334 e. The Morgan fingerprint density at radius 1 is 1.10 bits per heavy atom. The molecule has 6 nitrogen and oxygen atoms in total. The largest absolute Gasteiger partial charge is 0.334 e. The van der Waals surface area contributed by atoms with Gasteiger partial charge < -0.3 is 10.2 Å². The molecule has 0 bridgehead atoms. The summed E-state index contributed by atoms with van der Waals surface area (Å²) in [5, 5.41) is 2.72. The molecule has 1 fully saturated rings. The van der Waals surface area contributed by atoms with E-state index in [1.807, 2.05) is 44.2 Å². The lowest BCUT2D eigenvalue weighted by atomic mass is 9.87. The average Bonchev–Trinajstić information content (AvgIpc) is 2.98. The molecular weight excluding hydrogens is 385 g/mol. The zero-order chi connectivity index (χ0) is 21.9. The number of nitrogens with zero attached hydrogens (tertiary/aromatic N) is 2. The van der Waals surface area contributed by atoms with Crippen molar-refractivity contribution in [1.29, 1.82) is 0 Å². The van der Waals surface area contributed by atoms with Gasteiger partial charge in [-0.15, -0.1) is 0 Å². The molecule has 30 heavy (non-hydrogen) atoms. The number of carbonyl (C=O) groups excluding carboxylic acids is 3. The fourth-order valence-corrected chi connectivity index (χ4v) is 3.71. The van der Waals surface area contributed by atoms with E-state index < -0.39 is 23.3 Å². The summed E-state index contributed by atoms with van der Waals surface area (Å²) >= 11 is 0. The van der Waals surface area contributed by atoms with Crippen molar-refractivity contribution >= 4 is 17.8 Å². The van der Waals surface area contributed by atoms with Crippen molar-refractivity contribution < 1.29 is 18.8 Å². The SMILES string of the molecule is CCC1(c2ccc(F)cc2)NC(=O)N(CC(=O)N(Cc2ccccc2)C(C)C)C1=O. The lowest BCUT2D eigenvalue weighted by Crippen LogP contribution is -2.46. The number of carbonyl (C=O) groups is 3. The maximum absolute atomic E-state index is 13.3. The Labute approximate surface area is 175 Å². The molecule has 158 valence electrons. The second kappa shape index (κ2) is 8.65. The monoisotopic (exact) mass is 411 g/mol. The van der Waals surface area contributed by atoms with Gasteiger partial charge in [-0.1, -0.05) is 49.4 Å². The van der Waals surface area contributed by atoms with Gasteiger partial charge in [0.15, 0.2) is 0 Å². The van der Waals surface area contributed by atoms with Gasteiger partial charge in [0.05, 0.1) is 0 Å². The van der Waals surface area contributed by atoms with Gasteiger partial charge in [0.1, 0.15) is 17.9 Å². The molecular formula is C23H26FN3O3. The van der Waals surface area contributed by atoms with E-state index in [2.05, 4.69) is 5.32 Å². The molecule has 1 aliphatic rings. The predicted molar refractivity (Wildman–Crippen MR) is 111 cm³/mol. The number of hydrogen-bond acceptors (Lipinski definition) is 3. The molecule has 1 saturated heterocycles. The first-order valence-corrected chi connectivity index (χ1v) is 10.0. The van der Waals surface area contributed by atoms with Crippen molar-refractivity contribution in [3.8, 4) is 0 Å². The Morgan fingerprint density at radius 3 is 2.30 bits per heavy atom. The normalized spacial score (nSPS) is 18.6. The van der Waals surface area contributed by atoms with E-state index in [0.717, 1.165) is 10.5 Å². The van der Waals surface area contributed by atoms with Gasteiger partial charge in [0.2, 0.25) is 5.91 Å². The van der Waals surface area contributed by atoms with Crippen molar-refractivity contribution in [3.63, 3.8) is 0 Å². The summed E-state index contributed by atoms with van der Waals surface area (Å²) in [4.78, 5) is 41.5. The molecule has 1 aliphatic heterocycles. The number of rotatable bonds is 7. The zero-order valence-electron chi connectivity index (χ0n) is 17.4. The van der Waals surface area contributed by atoms with E-state index in [1.54, 1.807) is 11.8 Å². The molecule has 1 atom stereocenters. The highest BCUT2D eigenvalue weighted by Crippen LogP contribution is 2.32. The molecule has 0 saturated carbocycles. The number of halogens is 1. The molecule has 0 radical (unpaired) electrons. The van der Waals surface area contributed by atoms with E-state index >= 15 is 0 Å². The van der Waals surface area contributed by atoms with E-state index in [9.17, 15) is 18.8 Å². The van der Waals surface area contributed by atoms with Crippen LogP contribution >= 0.6 is 0 Å². The van der Waals surface area contributed by atoms with Crippen LogP contribution in [-0.4, -0.2) is 40.2 Å². The smallest absolute Gasteiger partial charge is 0.325 e. The Balaban J connectivity index is 1.81. The molecule has 3 rings (SSSR count). The molecule has 1 unspecified atom stereocenters. The van der Waals surface area contributed by atoms with E-state index in [1.165, 1.54) is 24.3 Å². The van der Waals surface area contributed by atoms with Gasteiger partial charge >= 0.3 is 6.03 Å². The second-order valence-electron chi connectivity index (χ2n) is 7.69. The van der Waals surface area contributed by atoms with Crippen LogP contribution in [0.15, 0.2) is 54.6 Å². The van der Waals surface area contributed by atoms with Crippen LogP contribution in [0.1, 0.15) is 38.3 Å². The highest BCUT2D eigenvalue weighted by molar-refractivity contribution is 6.09. The van der Waals surface area contributed by atoms with E-state index in [4.69, 9.17) is 0 Å². The van der Waals surface area contributed by atoms with Crippen LogP contribution < -0.4 is 5.32 Å². The van der Waals surface area contributed by atoms with Crippen molar-refractivity contribution in [2.75, 3.05) is 6.54 Å². The van der Waals surface area contributed by atoms with Crippen LogP contribution in [0.4, 0.5) is 9.18 Å². The first kappa shape index (κ1) is 21.5. The molecule has 1 heterocycles. The van der Waals surface area contributed by atoms with E-state index in [-0.39, 0.29) is 24.9 Å². The summed E-state index contributed by atoms with van der Waals surface area (Å²) in [5.41, 5.74) is 0.156. The maximum Gasteiger partial charge on any atom is 0.325 e. The van der Waals surface area contributed by atoms with Crippen molar-refractivity contribution in [1.82, 2.24) is 15.1 Å². The number of nitrogens with one attached hydrogen (secondary N) is 1. The lowest BCUT2D eigenvalue weighted by molar-refractivity contribution is -0.140. The van der Waals surface area contributed by atoms with Gasteiger partial charge in [-0.3, -0.25) is 14.5 Å². The summed E-state index contributed by atoms with van der Waals surface area (Å²) in [6.07, 6.45) is 0.284. The molecule has 0 aromatic heterocycles. The van der Waals surface area contributed by atoms with Gasteiger partial charge in [-0.25, -0.2) is 9.18 Å². The van der Waals surface area contributed by atoms with Crippen LogP contribution in [0.2, 0.25) is 0 Å². The minimum atomic E-state index is -1.30. The van der Waals surface area contributed by atoms with Gasteiger partial charge in [-0.2, -0.15) is 0 Å². The molecule has 2 aromatic rings. The molecule has 0 aliphatic carbocycles. The molecule has 2 aromatic carbocycles. The topological polar surface area (TPSA) is 69.7 Å². The first-order chi connectivity index (χ1) is 14.3. The number of amides is 4. The Kier molecular flexibility index (Phi) is 6.20. The summed E-state index contributed by atoms with van der Waals surface area (Å²) in [6, 6.07) is 14.3. The summed E-state index contributed by atoms with van der Waals surface area (Å²) in [7, 11) is 0. The predicted octanol–water partition coefficient (Wildman–Crippen LogP) is 3.42. The summed E-state index contributed by atoms with van der Waals surface area (Å²) in [5.74, 6) is -1.25. The summed E-state index contributed by atoms with van der Waals surface area (Å²) in [6.45, 7) is 5.59. The standard InChI is InChI=1S/C23H26FN3O3/c1-4-23(18-10-12-19(24)13-11-18)21(29)27(22(30)25-23)15-20(28)26(16(2)3)14-17-8-6-5-7-9-17/h5-13,16H,4,14-15H2,1-3H3,(H,25,30). The summed E-state index contributed by atoms with van der Waals surface area (Å²) < 4.78 is 13.3. The second-order valence-corrected chi connectivity index (χ2v) is 7.69. The zero-order valence-corrected chi connectivity index (χ0v) is 17.4. The van der Waals surface area contributed by atoms with Crippen LogP contribution in [-0.2, 0) is 21.7 Å². The van der Waals surface area contributed by atoms with Gasteiger partial charge in [0.25, 0.3) is 5.91 Å². The molecule has 7 heteroatoms. The lowest BCUT2D eigenvalue weighted by Gasteiger charge is -2.29. The molecule has 4 amide bonds. The fraction of sp³-hybridized carbons (Fsp3) is 0.348. The van der Waals surface area contributed by atoms with Gasteiger partial charge in [-0.05, 0) is 43.5 Å².